The molecule has 0 aliphatic rings. The summed E-state index contributed by atoms with van der Waals surface area (Å²) in [7, 11) is 1.44. The Morgan fingerprint density at radius 1 is 1.41 bits per heavy atom. The van der Waals surface area contributed by atoms with Crippen LogP contribution in [0.25, 0.3) is 5.53 Å². The van der Waals surface area contributed by atoms with E-state index in [1.54, 1.807) is 6.07 Å². The molecule has 1 aromatic carbocycles. The molecule has 0 heterocycles. The molecule has 0 bridgehead atoms. The van der Waals surface area contributed by atoms with Crippen molar-refractivity contribution >= 4 is 18.0 Å². The molecule has 0 aliphatic carbocycles. The standard InChI is InChI=1S/C11H10N2O4/c1-7(14)17-11-4-3-8(16-2)5-9(11)10(15)6-13-12/h3-6H,1-2H3. The van der Waals surface area contributed by atoms with Crippen LogP contribution in [-0.4, -0.2) is 29.9 Å². The summed E-state index contributed by atoms with van der Waals surface area (Å²) < 4.78 is 9.80. The number of hydrogen-bond acceptors (Lipinski definition) is 4. The highest BCUT2D eigenvalue weighted by Gasteiger charge is 2.16. The van der Waals surface area contributed by atoms with Crippen LogP contribution in [0.1, 0.15) is 17.3 Å². The molecule has 1 rings (SSSR count). The summed E-state index contributed by atoms with van der Waals surface area (Å²) in [6.07, 6.45) is 0.710. The van der Waals surface area contributed by atoms with Gasteiger partial charge in [-0.25, -0.2) is 0 Å². The van der Waals surface area contributed by atoms with Gasteiger partial charge in [-0.05, 0) is 18.2 Å². The minimum absolute atomic E-state index is 0.0809. The smallest absolute Gasteiger partial charge is 0.328 e. The quantitative estimate of drug-likeness (QED) is 0.195. The lowest BCUT2D eigenvalue weighted by atomic mass is 10.1. The maximum absolute atomic E-state index is 11.6. The van der Waals surface area contributed by atoms with Gasteiger partial charge >= 0.3 is 12.2 Å². The van der Waals surface area contributed by atoms with E-state index in [0.29, 0.717) is 12.0 Å². The third-order valence-electron chi connectivity index (χ3n) is 1.88. The van der Waals surface area contributed by atoms with Gasteiger partial charge in [-0.1, -0.05) is 0 Å². The van der Waals surface area contributed by atoms with Gasteiger partial charge in [-0.3, -0.25) is 9.59 Å². The van der Waals surface area contributed by atoms with Crippen LogP contribution in [0, 0.1) is 0 Å². The SMILES string of the molecule is COc1ccc(OC(C)=O)c(C(=O)C=[N+]=[N-])c1. The van der Waals surface area contributed by atoms with Gasteiger partial charge < -0.3 is 15.0 Å². The Balaban J connectivity index is 3.24. The zero-order valence-electron chi connectivity index (χ0n) is 9.34. The largest absolute Gasteiger partial charge is 0.497 e. The summed E-state index contributed by atoms with van der Waals surface area (Å²) in [6.45, 7) is 1.22. The molecule has 0 atom stereocenters. The van der Waals surface area contributed by atoms with Gasteiger partial charge in [-0.15, -0.1) is 0 Å². The molecule has 88 valence electrons. The van der Waals surface area contributed by atoms with E-state index < -0.39 is 11.8 Å². The molecule has 1 aromatic rings. The zero-order valence-corrected chi connectivity index (χ0v) is 9.34. The fourth-order valence-corrected chi connectivity index (χ4v) is 1.19. The van der Waals surface area contributed by atoms with Crippen molar-refractivity contribution < 1.29 is 23.9 Å². The monoisotopic (exact) mass is 234 g/mol. The third kappa shape index (κ3) is 3.25. The van der Waals surface area contributed by atoms with Crippen molar-refractivity contribution in [2.75, 3.05) is 7.11 Å². The van der Waals surface area contributed by atoms with Crippen molar-refractivity contribution in [2.24, 2.45) is 0 Å². The maximum atomic E-state index is 11.6. The Hall–Kier alpha value is -2.46. The zero-order chi connectivity index (χ0) is 12.8. The number of carbonyl (C=O) groups excluding carboxylic acids is 2. The predicted molar refractivity (Wildman–Crippen MR) is 58.3 cm³/mol. The fraction of sp³-hybridized carbons (Fsp3) is 0.182. The number of methoxy groups -OCH3 is 1. The summed E-state index contributed by atoms with van der Waals surface area (Å²) in [4.78, 5) is 25.0. The van der Waals surface area contributed by atoms with E-state index in [-0.39, 0.29) is 11.3 Å². The van der Waals surface area contributed by atoms with Crippen LogP contribution in [0.15, 0.2) is 18.2 Å². The van der Waals surface area contributed by atoms with E-state index in [2.05, 4.69) is 4.79 Å². The van der Waals surface area contributed by atoms with Crippen molar-refractivity contribution in [3.05, 3.63) is 29.3 Å². The number of carbonyl (C=O) groups is 2. The molecule has 0 saturated carbocycles. The van der Waals surface area contributed by atoms with E-state index in [0.717, 1.165) is 0 Å². The average Bonchev–Trinajstić information content (AvgIpc) is 2.29. The summed E-state index contributed by atoms with van der Waals surface area (Å²) in [6, 6.07) is 4.37. The van der Waals surface area contributed by atoms with Gasteiger partial charge in [0.15, 0.2) is 0 Å². The van der Waals surface area contributed by atoms with Gasteiger partial charge in [0.25, 0.3) is 5.78 Å². The molecule has 0 spiro atoms. The number of benzene rings is 1. The van der Waals surface area contributed by atoms with Crippen molar-refractivity contribution in [3.8, 4) is 11.5 Å². The van der Waals surface area contributed by atoms with Crippen LogP contribution in [-0.2, 0) is 4.79 Å². The molecule has 0 N–H and O–H groups in total. The molecule has 0 aromatic heterocycles. The molecular weight excluding hydrogens is 224 g/mol. The van der Waals surface area contributed by atoms with Crippen LogP contribution in [0.3, 0.4) is 0 Å². The summed E-state index contributed by atoms with van der Waals surface area (Å²) in [5.74, 6) is -0.633. The molecule has 6 heteroatoms. The lowest BCUT2D eigenvalue weighted by molar-refractivity contribution is -0.131. The summed E-state index contributed by atoms with van der Waals surface area (Å²) >= 11 is 0. The lowest BCUT2D eigenvalue weighted by Crippen LogP contribution is -2.09. The maximum Gasteiger partial charge on any atom is 0.328 e. The summed E-state index contributed by atoms with van der Waals surface area (Å²) in [5, 5.41) is 0. The molecular formula is C11H10N2O4. The second-order valence-electron chi connectivity index (χ2n) is 3.06. The Bertz CT molecular complexity index is 504. The van der Waals surface area contributed by atoms with E-state index in [1.807, 2.05) is 0 Å². The van der Waals surface area contributed by atoms with Gasteiger partial charge in [0.2, 0.25) is 0 Å². The number of Topliss-reactive ketones (excluding diaryl/α,β-unsaturated/α-hetero) is 1. The van der Waals surface area contributed by atoms with Gasteiger partial charge in [0.1, 0.15) is 11.5 Å². The number of ketones is 1. The fourth-order valence-electron chi connectivity index (χ4n) is 1.19. The van der Waals surface area contributed by atoms with Crippen LogP contribution < -0.4 is 9.47 Å². The normalized spacial score (nSPS) is 9.06. The van der Waals surface area contributed by atoms with Crippen molar-refractivity contribution in [1.82, 2.24) is 0 Å². The highest BCUT2D eigenvalue weighted by molar-refractivity contribution is 6.34. The van der Waals surface area contributed by atoms with E-state index in [4.69, 9.17) is 15.0 Å². The van der Waals surface area contributed by atoms with Crippen LogP contribution >= 0.6 is 0 Å². The second-order valence-corrected chi connectivity index (χ2v) is 3.06. The first-order chi connectivity index (χ1) is 8.08. The first-order valence-corrected chi connectivity index (χ1v) is 4.66. The first kappa shape index (κ1) is 12.6. The number of ether oxygens (including phenoxy) is 2. The minimum Gasteiger partial charge on any atom is -0.497 e. The van der Waals surface area contributed by atoms with Gasteiger partial charge in [-0.2, -0.15) is 4.79 Å². The van der Waals surface area contributed by atoms with Crippen molar-refractivity contribution in [3.63, 3.8) is 0 Å². The van der Waals surface area contributed by atoms with Gasteiger partial charge in [0.05, 0.1) is 12.7 Å². The number of nitrogens with zero attached hydrogens (tertiary/aromatic N) is 2. The molecule has 17 heavy (non-hydrogen) atoms. The Morgan fingerprint density at radius 3 is 2.65 bits per heavy atom. The number of hydrogen-bond donors (Lipinski definition) is 0. The number of rotatable bonds is 4. The molecule has 0 saturated heterocycles. The van der Waals surface area contributed by atoms with Gasteiger partial charge in [0, 0.05) is 6.92 Å². The van der Waals surface area contributed by atoms with E-state index in [9.17, 15) is 9.59 Å². The van der Waals surface area contributed by atoms with Crippen LogP contribution in [0.4, 0.5) is 0 Å². The highest BCUT2D eigenvalue weighted by Crippen LogP contribution is 2.24. The van der Waals surface area contributed by atoms with Crippen molar-refractivity contribution in [1.29, 1.82) is 0 Å². The Morgan fingerprint density at radius 2 is 2.12 bits per heavy atom. The molecule has 0 aliphatic heterocycles. The first-order valence-electron chi connectivity index (χ1n) is 4.66. The molecule has 0 unspecified atom stereocenters. The predicted octanol–water partition coefficient (Wildman–Crippen LogP) is 1.10. The molecule has 6 nitrogen and oxygen atoms in total. The van der Waals surface area contributed by atoms with Crippen molar-refractivity contribution in [2.45, 2.75) is 6.92 Å². The number of esters is 1. The lowest BCUT2D eigenvalue weighted by Gasteiger charge is -2.07. The molecule has 0 radical (unpaired) electrons. The molecule has 0 fully saturated rings. The average molecular weight is 234 g/mol. The Labute approximate surface area is 97.4 Å². The third-order valence-corrected chi connectivity index (χ3v) is 1.88. The van der Waals surface area contributed by atoms with Crippen LogP contribution in [0.2, 0.25) is 0 Å². The van der Waals surface area contributed by atoms with E-state index >= 15 is 0 Å². The molecule has 0 amide bonds. The second kappa shape index (κ2) is 5.58. The minimum atomic E-state index is -0.595. The topological polar surface area (TPSA) is 89.0 Å². The van der Waals surface area contributed by atoms with Crippen LogP contribution in [0.5, 0.6) is 11.5 Å². The summed E-state index contributed by atoms with van der Waals surface area (Å²) in [5.41, 5.74) is 8.39. The Kier molecular flexibility index (Phi) is 4.14. The highest BCUT2D eigenvalue weighted by atomic mass is 16.5. The van der Waals surface area contributed by atoms with E-state index in [1.165, 1.54) is 26.2 Å².